The highest BCUT2D eigenvalue weighted by atomic mass is 16.2. The Morgan fingerprint density at radius 3 is 2.86 bits per heavy atom. The number of nitrogens with zero attached hydrogens (tertiary/aromatic N) is 4. The molecule has 0 atom stereocenters. The molecule has 1 N–H and O–H groups in total. The zero-order valence-corrected chi connectivity index (χ0v) is 12.1. The Balaban J connectivity index is 2.06. The van der Waals surface area contributed by atoms with Crippen LogP contribution in [0.15, 0.2) is 24.4 Å². The van der Waals surface area contributed by atoms with Gasteiger partial charge in [-0.05, 0) is 18.6 Å². The van der Waals surface area contributed by atoms with Crippen LogP contribution in [-0.4, -0.2) is 39.4 Å². The second-order valence-corrected chi connectivity index (χ2v) is 4.98. The molecular weight excluding hydrogens is 266 g/mol. The highest BCUT2D eigenvalue weighted by Gasteiger charge is 2.23. The molecule has 0 spiro atoms. The Hall–Kier alpha value is -2.50. The summed E-state index contributed by atoms with van der Waals surface area (Å²) in [5.41, 5.74) is 2.72. The monoisotopic (exact) mass is 283 g/mol. The minimum absolute atomic E-state index is 0.0738. The molecule has 0 saturated heterocycles. The fourth-order valence-corrected chi connectivity index (χ4v) is 2.52. The molecule has 6 heteroatoms. The van der Waals surface area contributed by atoms with Gasteiger partial charge in [-0.25, -0.2) is 9.97 Å². The van der Waals surface area contributed by atoms with E-state index in [0.29, 0.717) is 18.9 Å². The Kier molecular flexibility index (Phi) is 3.51. The first-order valence-corrected chi connectivity index (χ1v) is 6.93. The molecule has 0 unspecified atom stereocenters. The molecule has 0 radical (unpaired) electrons. The molecule has 0 aliphatic carbocycles. The number of nitrogens with one attached hydrogen (secondary N) is 1. The Morgan fingerprint density at radius 1 is 1.33 bits per heavy atom. The minimum atomic E-state index is 0.0738. The van der Waals surface area contributed by atoms with E-state index in [1.54, 1.807) is 18.0 Å². The van der Waals surface area contributed by atoms with Crippen LogP contribution in [0.1, 0.15) is 18.2 Å². The third-order valence-electron chi connectivity index (χ3n) is 3.64. The van der Waals surface area contributed by atoms with Crippen LogP contribution in [0.3, 0.4) is 0 Å². The van der Waals surface area contributed by atoms with Gasteiger partial charge in [-0.1, -0.05) is 6.07 Å². The number of amides is 1. The number of carbonyl (C=O) groups excluding carboxylic acids is 1. The summed E-state index contributed by atoms with van der Waals surface area (Å²) in [5, 5.41) is 3.13. The van der Waals surface area contributed by atoms with Crippen molar-refractivity contribution < 1.29 is 4.79 Å². The number of hydrogen-bond donors (Lipinski definition) is 1. The number of rotatable bonds is 2. The van der Waals surface area contributed by atoms with Crippen molar-refractivity contribution in [3.63, 3.8) is 0 Å². The van der Waals surface area contributed by atoms with Gasteiger partial charge in [0.1, 0.15) is 11.5 Å². The van der Waals surface area contributed by atoms with Crippen molar-refractivity contribution in [2.24, 2.45) is 0 Å². The van der Waals surface area contributed by atoms with Crippen LogP contribution < -0.4 is 5.32 Å². The van der Waals surface area contributed by atoms with Crippen molar-refractivity contribution >= 4 is 11.7 Å². The summed E-state index contributed by atoms with van der Waals surface area (Å²) in [6.45, 7) is 2.83. The summed E-state index contributed by atoms with van der Waals surface area (Å²) in [6, 6.07) is 5.65. The van der Waals surface area contributed by atoms with Crippen LogP contribution in [-0.2, 0) is 17.8 Å². The largest absolute Gasteiger partial charge is 0.373 e. The Bertz CT molecular complexity index is 671. The van der Waals surface area contributed by atoms with Crippen LogP contribution in [0.5, 0.6) is 0 Å². The molecule has 0 aromatic carbocycles. The number of pyridine rings is 1. The van der Waals surface area contributed by atoms with Gasteiger partial charge in [-0.2, -0.15) is 0 Å². The van der Waals surface area contributed by atoms with Crippen molar-refractivity contribution in [2.45, 2.75) is 19.9 Å². The Morgan fingerprint density at radius 2 is 2.19 bits per heavy atom. The second-order valence-electron chi connectivity index (χ2n) is 4.98. The maximum absolute atomic E-state index is 11.6. The van der Waals surface area contributed by atoms with Crippen LogP contribution >= 0.6 is 0 Å². The fraction of sp³-hybridized carbons (Fsp3) is 0.333. The summed E-state index contributed by atoms with van der Waals surface area (Å²) < 4.78 is 0. The van der Waals surface area contributed by atoms with Gasteiger partial charge >= 0.3 is 0 Å². The lowest BCUT2D eigenvalue weighted by atomic mass is 10.1. The molecule has 21 heavy (non-hydrogen) atoms. The molecule has 108 valence electrons. The molecule has 6 nitrogen and oxygen atoms in total. The van der Waals surface area contributed by atoms with Crippen molar-refractivity contribution in [2.75, 3.05) is 18.9 Å². The number of carbonyl (C=O) groups is 1. The van der Waals surface area contributed by atoms with E-state index in [-0.39, 0.29) is 5.91 Å². The van der Waals surface area contributed by atoms with Crippen LogP contribution in [0.25, 0.3) is 11.5 Å². The summed E-state index contributed by atoms with van der Waals surface area (Å²) in [4.78, 5) is 26.8. The first-order chi connectivity index (χ1) is 10.2. The summed E-state index contributed by atoms with van der Waals surface area (Å²) >= 11 is 0. The summed E-state index contributed by atoms with van der Waals surface area (Å²) in [7, 11) is 1.85. The summed E-state index contributed by atoms with van der Waals surface area (Å²) in [6.07, 6.45) is 2.49. The lowest BCUT2D eigenvalue weighted by Crippen LogP contribution is -2.35. The van der Waals surface area contributed by atoms with Crippen LogP contribution in [0, 0.1) is 0 Å². The SMILES string of the molecule is CNc1nc(-c2ccccn2)nc2c1CCN(C(C)=O)C2. The third kappa shape index (κ3) is 2.56. The van der Waals surface area contributed by atoms with Crippen molar-refractivity contribution in [3.8, 4) is 11.5 Å². The van der Waals surface area contributed by atoms with Gasteiger partial charge in [0, 0.05) is 32.3 Å². The van der Waals surface area contributed by atoms with Crippen LogP contribution in [0.2, 0.25) is 0 Å². The minimum Gasteiger partial charge on any atom is -0.373 e. The zero-order chi connectivity index (χ0) is 14.8. The van der Waals surface area contributed by atoms with Gasteiger partial charge in [0.2, 0.25) is 5.91 Å². The standard InChI is InChI=1S/C15H17N5O/c1-10(21)20-8-6-11-13(9-20)18-15(19-14(11)16-2)12-5-3-4-7-17-12/h3-5,7H,6,8-9H2,1-2H3,(H,16,18,19). The molecule has 0 saturated carbocycles. The molecule has 1 aliphatic heterocycles. The lowest BCUT2D eigenvalue weighted by Gasteiger charge is -2.28. The van der Waals surface area contributed by atoms with Gasteiger partial charge in [-0.15, -0.1) is 0 Å². The van der Waals surface area contributed by atoms with E-state index in [1.807, 2.05) is 25.2 Å². The van der Waals surface area contributed by atoms with Gasteiger partial charge in [0.25, 0.3) is 0 Å². The van der Waals surface area contributed by atoms with Gasteiger partial charge in [-0.3, -0.25) is 9.78 Å². The number of hydrogen-bond acceptors (Lipinski definition) is 5. The summed E-state index contributed by atoms with van der Waals surface area (Å²) in [5.74, 6) is 1.48. The third-order valence-corrected chi connectivity index (χ3v) is 3.64. The molecule has 2 aromatic rings. The van der Waals surface area contributed by atoms with Crippen molar-refractivity contribution in [1.82, 2.24) is 19.9 Å². The van der Waals surface area contributed by atoms with E-state index in [0.717, 1.165) is 29.2 Å². The molecule has 0 fully saturated rings. The highest BCUT2D eigenvalue weighted by molar-refractivity contribution is 5.73. The average Bonchev–Trinajstić information content (AvgIpc) is 2.54. The molecular formula is C15H17N5O. The van der Waals surface area contributed by atoms with E-state index < -0.39 is 0 Å². The molecule has 0 bridgehead atoms. The average molecular weight is 283 g/mol. The molecule has 1 amide bonds. The van der Waals surface area contributed by atoms with E-state index >= 15 is 0 Å². The number of aromatic nitrogens is 3. The topological polar surface area (TPSA) is 71.0 Å². The van der Waals surface area contributed by atoms with E-state index in [4.69, 9.17) is 0 Å². The predicted molar refractivity (Wildman–Crippen MR) is 79.6 cm³/mol. The molecule has 1 aliphatic rings. The Labute approximate surface area is 123 Å². The maximum atomic E-state index is 11.6. The van der Waals surface area contributed by atoms with Gasteiger partial charge in [0.05, 0.1) is 12.2 Å². The number of anilines is 1. The highest BCUT2D eigenvalue weighted by Crippen LogP contribution is 2.26. The predicted octanol–water partition coefficient (Wildman–Crippen LogP) is 1.48. The fourth-order valence-electron chi connectivity index (χ4n) is 2.52. The lowest BCUT2D eigenvalue weighted by molar-refractivity contribution is -0.129. The van der Waals surface area contributed by atoms with E-state index in [1.165, 1.54) is 0 Å². The van der Waals surface area contributed by atoms with Gasteiger partial charge in [0.15, 0.2) is 5.82 Å². The molecule has 3 heterocycles. The molecule has 3 rings (SSSR count). The van der Waals surface area contributed by atoms with Crippen molar-refractivity contribution in [1.29, 1.82) is 0 Å². The normalized spacial score (nSPS) is 13.7. The maximum Gasteiger partial charge on any atom is 0.219 e. The van der Waals surface area contributed by atoms with Crippen LogP contribution in [0.4, 0.5) is 5.82 Å². The van der Waals surface area contributed by atoms with Crippen molar-refractivity contribution in [3.05, 3.63) is 35.7 Å². The quantitative estimate of drug-likeness (QED) is 0.904. The second kappa shape index (κ2) is 5.47. The first-order valence-electron chi connectivity index (χ1n) is 6.93. The zero-order valence-electron chi connectivity index (χ0n) is 12.1. The number of fused-ring (bicyclic) bond motifs is 1. The molecule has 2 aromatic heterocycles. The van der Waals surface area contributed by atoms with E-state index in [9.17, 15) is 4.79 Å². The van der Waals surface area contributed by atoms with E-state index in [2.05, 4.69) is 20.3 Å². The first kappa shape index (κ1) is 13.5. The van der Waals surface area contributed by atoms with Gasteiger partial charge < -0.3 is 10.2 Å². The smallest absolute Gasteiger partial charge is 0.219 e.